The number of hydrogen-bond donors (Lipinski definition) is 1. The normalized spacial score (nSPS) is 14.7. The van der Waals surface area contributed by atoms with E-state index in [-0.39, 0.29) is 10.1 Å². The van der Waals surface area contributed by atoms with Crippen LogP contribution in [0.2, 0.25) is 0 Å². The van der Waals surface area contributed by atoms with Gasteiger partial charge in [-0.2, -0.15) is 0 Å². The van der Waals surface area contributed by atoms with Crippen LogP contribution in [0, 0.1) is 0 Å². The molecule has 0 radical (unpaired) electrons. The highest BCUT2D eigenvalue weighted by Gasteiger charge is 2.22. The standard InChI is InChI=1S/C25H29N3O3S2/c1-27(33(30,31)24-9-6-16-32-24)23-12-10-22(11-13-23)25(29)26-18-20-7-5-8-21(17-20)19-28-14-3-2-4-15-28/h5-13,16-17H,2-4,14-15,18-19H2,1H3,(H,26,29). The average molecular weight is 484 g/mol. The Morgan fingerprint density at radius 2 is 1.73 bits per heavy atom. The van der Waals surface area contributed by atoms with E-state index in [0.717, 1.165) is 25.2 Å². The van der Waals surface area contributed by atoms with E-state index in [9.17, 15) is 13.2 Å². The third-order valence-corrected chi connectivity index (χ3v) is 9.06. The summed E-state index contributed by atoms with van der Waals surface area (Å²) in [6.07, 6.45) is 3.86. The van der Waals surface area contributed by atoms with Crippen LogP contribution in [0.25, 0.3) is 0 Å². The fraction of sp³-hybridized carbons (Fsp3) is 0.320. The van der Waals surface area contributed by atoms with Gasteiger partial charge in [-0.25, -0.2) is 8.42 Å². The molecule has 1 amide bonds. The van der Waals surface area contributed by atoms with Crippen molar-refractivity contribution in [3.63, 3.8) is 0 Å². The van der Waals surface area contributed by atoms with Crippen LogP contribution >= 0.6 is 11.3 Å². The zero-order valence-electron chi connectivity index (χ0n) is 18.7. The summed E-state index contributed by atoms with van der Waals surface area (Å²) in [6, 6.07) is 18.3. The van der Waals surface area contributed by atoms with Gasteiger partial charge in [0, 0.05) is 25.7 Å². The number of thiophene rings is 1. The van der Waals surface area contributed by atoms with Crippen LogP contribution in [0.5, 0.6) is 0 Å². The largest absolute Gasteiger partial charge is 0.348 e. The van der Waals surface area contributed by atoms with Gasteiger partial charge in [0.15, 0.2) is 0 Å². The molecule has 1 aliphatic heterocycles. The molecule has 8 heteroatoms. The lowest BCUT2D eigenvalue weighted by Gasteiger charge is -2.26. The van der Waals surface area contributed by atoms with Crippen LogP contribution in [-0.4, -0.2) is 39.4 Å². The second kappa shape index (κ2) is 10.5. The molecule has 2 aromatic carbocycles. The number of carbonyl (C=O) groups excluding carboxylic acids is 1. The molecular formula is C25H29N3O3S2. The van der Waals surface area contributed by atoms with E-state index < -0.39 is 10.0 Å². The Morgan fingerprint density at radius 1 is 1.00 bits per heavy atom. The van der Waals surface area contributed by atoms with Gasteiger partial charge in [-0.15, -0.1) is 11.3 Å². The van der Waals surface area contributed by atoms with Crippen LogP contribution in [0.3, 0.4) is 0 Å². The molecule has 0 saturated carbocycles. The summed E-state index contributed by atoms with van der Waals surface area (Å²) < 4.78 is 26.9. The Bertz CT molecular complexity index is 1170. The van der Waals surface area contributed by atoms with Crippen molar-refractivity contribution in [2.24, 2.45) is 0 Å². The first-order valence-electron chi connectivity index (χ1n) is 11.1. The fourth-order valence-corrected chi connectivity index (χ4v) is 6.36. The number of amides is 1. The molecule has 3 aromatic rings. The Kier molecular flexibility index (Phi) is 7.47. The second-order valence-electron chi connectivity index (χ2n) is 8.29. The summed E-state index contributed by atoms with van der Waals surface area (Å²) in [5, 5.41) is 4.70. The van der Waals surface area contributed by atoms with E-state index in [1.807, 2.05) is 12.1 Å². The van der Waals surface area contributed by atoms with Gasteiger partial charge in [0.1, 0.15) is 4.21 Å². The first-order valence-corrected chi connectivity index (χ1v) is 13.5. The second-order valence-corrected chi connectivity index (χ2v) is 11.4. The predicted octanol–water partition coefficient (Wildman–Crippen LogP) is 4.49. The first-order chi connectivity index (χ1) is 15.9. The van der Waals surface area contributed by atoms with Crippen molar-refractivity contribution < 1.29 is 13.2 Å². The van der Waals surface area contributed by atoms with Gasteiger partial charge in [-0.3, -0.25) is 14.0 Å². The van der Waals surface area contributed by atoms with Gasteiger partial charge in [-0.05, 0) is 72.8 Å². The van der Waals surface area contributed by atoms with Crippen molar-refractivity contribution in [3.05, 3.63) is 82.7 Å². The SMILES string of the molecule is CN(c1ccc(C(=O)NCc2cccc(CN3CCCCC3)c2)cc1)S(=O)(=O)c1cccs1. The highest BCUT2D eigenvalue weighted by Crippen LogP contribution is 2.25. The van der Waals surface area contributed by atoms with Crippen LogP contribution in [-0.2, 0) is 23.1 Å². The summed E-state index contributed by atoms with van der Waals surface area (Å²) in [5.41, 5.74) is 3.33. The molecule has 6 nitrogen and oxygen atoms in total. The minimum absolute atomic E-state index is 0.188. The molecule has 0 atom stereocenters. The molecule has 1 aliphatic rings. The number of sulfonamides is 1. The van der Waals surface area contributed by atoms with Gasteiger partial charge in [-0.1, -0.05) is 36.8 Å². The van der Waals surface area contributed by atoms with E-state index in [0.29, 0.717) is 17.8 Å². The van der Waals surface area contributed by atoms with Gasteiger partial charge < -0.3 is 5.32 Å². The molecule has 1 fully saturated rings. The quantitative estimate of drug-likeness (QED) is 0.513. The number of piperidine rings is 1. The summed E-state index contributed by atoms with van der Waals surface area (Å²) in [7, 11) is -2.08. The monoisotopic (exact) mass is 483 g/mol. The zero-order chi connectivity index (χ0) is 23.3. The molecular weight excluding hydrogens is 454 g/mol. The van der Waals surface area contributed by atoms with E-state index >= 15 is 0 Å². The van der Waals surface area contributed by atoms with Crippen molar-refractivity contribution in [3.8, 4) is 0 Å². The van der Waals surface area contributed by atoms with Crippen molar-refractivity contribution in [2.45, 2.75) is 36.6 Å². The lowest BCUT2D eigenvalue weighted by molar-refractivity contribution is 0.0951. The van der Waals surface area contributed by atoms with Gasteiger partial charge >= 0.3 is 0 Å². The first kappa shape index (κ1) is 23.5. The summed E-state index contributed by atoms with van der Waals surface area (Å²) in [6.45, 7) is 3.70. The zero-order valence-corrected chi connectivity index (χ0v) is 20.4. The van der Waals surface area contributed by atoms with E-state index in [4.69, 9.17) is 0 Å². The summed E-state index contributed by atoms with van der Waals surface area (Å²) >= 11 is 1.18. The Labute approximate surface area is 199 Å². The number of benzene rings is 2. The number of likely N-dealkylation sites (tertiary alicyclic amines) is 1. The lowest BCUT2D eigenvalue weighted by atomic mass is 10.1. The van der Waals surface area contributed by atoms with Gasteiger partial charge in [0.05, 0.1) is 5.69 Å². The van der Waals surface area contributed by atoms with Crippen LogP contribution < -0.4 is 9.62 Å². The number of rotatable bonds is 8. The maximum absolute atomic E-state index is 12.7. The molecule has 0 bridgehead atoms. The molecule has 33 heavy (non-hydrogen) atoms. The minimum Gasteiger partial charge on any atom is -0.348 e. The summed E-state index contributed by atoms with van der Waals surface area (Å²) in [5.74, 6) is -0.188. The van der Waals surface area contributed by atoms with Crippen LogP contribution in [0.15, 0.2) is 70.3 Å². The van der Waals surface area contributed by atoms with Crippen molar-refractivity contribution in [2.75, 3.05) is 24.4 Å². The average Bonchev–Trinajstić information content (AvgIpc) is 3.39. The number of nitrogens with zero attached hydrogens (tertiary/aromatic N) is 2. The van der Waals surface area contributed by atoms with E-state index in [2.05, 4.69) is 22.3 Å². The summed E-state index contributed by atoms with van der Waals surface area (Å²) in [4.78, 5) is 15.1. The number of anilines is 1. The van der Waals surface area contributed by atoms with Crippen molar-refractivity contribution >= 4 is 33.0 Å². The fourth-order valence-electron chi connectivity index (χ4n) is 4.00. The van der Waals surface area contributed by atoms with E-state index in [1.54, 1.807) is 41.8 Å². The molecule has 0 aliphatic carbocycles. The number of carbonyl (C=O) groups is 1. The van der Waals surface area contributed by atoms with Gasteiger partial charge in [0.2, 0.25) is 0 Å². The van der Waals surface area contributed by atoms with Gasteiger partial charge in [0.25, 0.3) is 15.9 Å². The molecule has 1 N–H and O–H groups in total. The van der Waals surface area contributed by atoms with Crippen molar-refractivity contribution in [1.82, 2.24) is 10.2 Å². The Hall–Kier alpha value is -2.68. The molecule has 2 heterocycles. The van der Waals surface area contributed by atoms with E-state index in [1.165, 1.54) is 47.5 Å². The van der Waals surface area contributed by atoms with Crippen molar-refractivity contribution in [1.29, 1.82) is 0 Å². The molecule has 1 aromatic heterocycles. The topological polar surface area (TPSA) is 69.7 Å². The Morgan fingerprint density at radius 3 is 2.42 bits per heavy atom. The highest BCUT2D eigenvalue weighted by molar-refractivity contribution is 7.94. The third kappa shape index (κ3) is 5.82. The highest BCUT2D eigenvalue weighted by atomic mass is 32.2. The predicted molar refractivity (Wildman–Crippen MR) is 133 cm³/mol. The maximum atomic E-state index is 12.7. The number of hydrogen-bond acceptors (Lipinski definition) is 5. The third-order valence-electron chi connectivity index (χ3n) is 5.90. The Balaban J connectivity index is 1.35. The van der Waals surface area contributed by atoms with Crippen LogP contribution in [0.4, 0.5) is 5.69 Å². The molecule has 174 valence electrons. The lowest BCUT2D eigenvalue weighted by Crippen LogP contribution is -2.29. The molecule has 4 rings (SSSR count). The van der Waals surface area contributed by atoms with Crippen LogP contribution in [0.1, 0.15) is 40.7 Å². The smallest absolute Gasteiger partial charge is 0.273 e. The number of nitrogens with one attached hydrogen (secondary N) is 1. The maximum Gasteiger partial charge on any atom is 0.273 e. The molecule has 1 saturated heterocycles. The molecule has 0 spiro atoms. The molecule has 0 unspecified atom stereocenters. The minimum atomic E-state index is -3.60.